The Morgan fingerprint density at radius 1 is 1.12 bits per heavy atom. The summed E-state index contributed by atoms with van der Waals surface area (Å²) >= 11 is 2.26. The number of nitrogens with one attached hydrogen (secondary N) is 1. The number of amides is 1. The van der Waals surface area contributed by atoms with Gasteiger partial charge in [0.1, 0.15) is 0 Å². The average Bonchev–Trinajstić information content (AvgIpc) is 3.18. The molecule has 2 heterocycles. The van der Waals surface area contributed by atoms with E-state index in [1.807, 2.05) is 24.3 Å². The van der Waals surface area contributed by atoms with Crippen molar-refractivity contribution in [2.24, 2.45) is 0 Å². The first kappa shape index (κ1) is 20.5. The predicted octanol–water partition coefficient (Wildman–Crippen LogP) is 3.29. The molecule has 0 unspecified atom stereocenters. The van der Waals surface area contributed by atoms with Crippen molar-refractivity contribution in [1.29, 1.82) is 0 Å². The Labute approximate surface area is 168 Å². The highest BCUT2D eigenvalue weighted by molar-refractivity contribution is 14.1. The van der Waals surface area contributed by atoms with Crippen molar-refractivity contribution in [2.45, 2.75) is 32.9 Å². The Balaban J connectivity index is 0.00000243. The molecule has 0 aliphatic carbocycles. The number of carbonyl (C=O) groups excluding carboxylic acids is 2. The Hall–Kier alpha value is -1.80. The molecular weight excluding hydrogens is 441 g/mol. The molecule has 26 heavy (non-hydrogen) atoms. The third-order valence-corrected chi connectivity index (χ3v) is 5.40. The van der Waals surface area contributed by atoms with Gasteiger partial charge in [-0.25, -0.2) is 0 Å². The van der Waals surface area contributed by atoms with Crippen LogP contribution < -0.4 is 5.32 Å². The maximum Gasteiger partial charge on any atom is 0.247 e. The fourth-order valence-corrected chi connectivity index (χ4v) is 3.53. The summed E-state index contributed by atoms with van der Waals surface area (Å²) in [4.78, 5) is 31.5. The topological polar surface area (TPSA) is 62.3 Å². The highest BCUT2D eigenvalue weighted by Gasteiger charge is 2.32. The van der Waals surface area contributed by atoms with Crippen LogP contribution in [0.3, 0.4) is 0 Å². The van der Waals surface area contributed by atoms with Crippen molar-refractivity contribution < 1.29 is 9.59 Å². The number of aromatic nitrogens is 1. The summed E-state index contributed by atoms with van der Waals surface area (Å²) in [5.74, 6) is -0.338. The van der Waals surface area contributed by atoms with Gasteiger partial charge in [-0.1, -0.05) is 25.6 Å². The number of likely N-dealkylation sites (tertiary alicyclic amines) is 1. The summed E-state index contributed by atoms with van der Waals surface area (Å²) in [6, 6.07) is 10.4. The van der Waals surface area contributed by atoms with E-state index in [2.05, 4.69) is 32.9 Å². The van der Waals surface area contributed by atoms with Gasteiger partial charge in [-0.15, -0.1) is 0 Å². The van der Waals surface area contributed by atoms with Gasteiger partial charge in [-0.2, -0.15) is 0 Å². The summed E-state index contributed by atoms with van der Waals surface area (Å²) in [6.45, 7) is 1.92. The number of hydrogen-bond donors (Lipinski definition) is 1. The van der Waals surface area contributed by atoms with E-state index in [0.29, 0.717) is 12.1 Å². The van der Waals surface area contributed by atoms with E-state index in [1.54, 1.807) is 29.4 Å². The van der Waals surface area contributed by atoms with Crippen LogP contribution in [-0.2, 0) is 11.3 Å². The second-order valence-corrected chi connectivity index (χ2v) is 7.20. The summed E-state index contributed by atoms with van der Waals surface area (Å²) in [5.41, 5.74) is 1.58. The summed E-state index contributed by atoms with van der Waals surface area (Å²) < 4.78 is 1.11. The molecule has 1 N–H and O–H groups in total. The normalized spacial score (nSPS) is 14.6. The monoisotopic (exact) mass is 465 g/mol. The maximum atomic E-state index is 12.9. The molecule has 5 nitrogen and oxygen atoms in total. The third-order valence-electron chi connectivity index (χ3n) is 4.35. The molecule has 1 aliphatic heterocycles. The number of pyridine rings is 1. The minimum atomic E-state index is -0.864. The minimum Gasteiger partial charge on any atom is -0.341 e. The minimum absolute atomic E-state index is 0. The molecule has 0 bridgehead atoms. The van der Waals surface area contributed by atoms with Crippen LogP contribution in [0.4, 0.5) is 0 Å². The zero-order valence-corrected chi connectivity index (χ0v) is 16.0. The molecule has 138 valence electrons. The molecule has 1 saturated heterocycles. The fraction of sp³-hybridized carbons (Fsp3) is 0.350. The van der Waals surface area contributed by atoms with Crippen LogP contribution in [0.2, 0.25) is 0 Å². The van der Waals surface area contributed by atoms with Gasteiger partial charge in [0.15, 0.2) is 11.8 Å². The zero-order chi connectivity index (χ0) is 17.6. The summed E-state index contributed by atoms with van der Waals surface area (Å²) in [5, 5.41) is 3.19. The summed E-state index contributed by atoms with van der Waals surface area (Å²) in [6.07, 6.45) is 5.15. The number of Topliss-reactive ketones (excluding diaryl/α,β-unsaturated/α-hetero) is 1. The first-order valence-corrected chi connectivity index (χ1v) is 9.44. The van der Waals surface area contributed by atoms with Crippen LogP contribution in [0.5, 0.6) is 0 Å². The third kappa shape index (κ3) is 4.88. The number of benzene rings is 1. The molecule has 0 spiro atoms. The second kappa shape index (κ2) is 9.78. The van der Waals surface area contributed by atoms with Crippen molar-refractivity contribution in [3.8, 4) is 0 Å². The summed E-state index contributed by atoms with van der Waals surface area (Å²) in [7, 11) is 0. The number of rotatable bonds is 6. The lowest BCUT2D eigenvalue weighted by molar-refractivity contribution is -0.131. The van der Waals surface area contributed by atoms with E-state index >= 15 is 0 Å². The Morgan fingerprint density at radius 3 is 2.42 bits per heavy atom. The molecule has 6 heteroatoms. The quantitative estimate of drug-likeness (QED) is 0.404. The molecule has 1 aromatic heterocycles. The van der Waals surface area contributed by atoms with Crippen LogP contribution in [0.1, 0.15) is 36.2 Å². The molecular formula is C20H24IN3O2. The van der Waals surface area contributed by atoms with Crippen molar-refractivity contribution >= 4 is 34.3 Å². The number of ketones is 1. The highest BCUT2D eigenvalue weighted by atomic mass is 127. The lowest BCUT2D eigenvalue weighted by atomic mass is 10.0. The van der Waals surface area contributed by atoms with Gasteiger partial charge >= 0.3 is 0 Å². The number of hydrogen-bond acceptors (Lipinski definition) is 4. The highest BCUT2D eigenvalue weighted by Crippen LogP contribution is 2.15. The SMILES string of the molecule is C.O=C(c1ccncc1)[C@@H](NCc1ccccc1I)C(=O)N1CCCC1. The van der Waals surface area contributed by atoms with Gasteiger partial charge in [-0.05, 0) is 59.2 Å². The van der Waals surface area contributed by atoms with E-state index in [4.69, 9.17) is 0 Å². The van der Waals surface area contributed by atoms with Gasteiger partial charge in [0, 0.05) is 41.2 Å². The molecule has 1 fully saturated rings. The van der Waals surface area contributed by atoms with Gasteiger partial charge < -0.3 is 4.90 Å². The zero-order valence-electron chi connectivity index (χ0n) is 13.8. The van der Waals surface area contributed by atoms with Crippen LogP contribution in [-0.4, -0.2) is 40.7 Å². The standard InChI is InChI=1S/C19H20IN3O2.CH4/c20-16-6-2-1-5-15(16)13-22-17(19(25)23-11-3-4-12-23)18(24)14-7-9-21-10-8-14;/h1-2,5-10,17,22H,3-4,11-13H2;1H4/t17-;/m1./s1. The average molecular weight is 465 g/mol. The second-order valence-electron chi connectivity index (χ2n) is 6.04. The number of nitrogens with zero attached hydrogens (tertiary/aromatic N) is 2. The van der Waals surface area contributed by atoms with Gasteiger partial charge in [-0.3, -0.25) is 19.9 Å². The van der Waals surface area contributed by atoms with E-state index in [-0.39, 0.29) is 19.1 Å². The van der Waals surface area contributed by atoms with E-state index in [9.17, 15) is 9.59 Å². The lowest BCUT2D eigenvalue weighted by Gasteiger charge is -2.23. The van der Waals surface area contributed by atoms with Crippen molar-refractivity contribution in [2.75, 3.05) is 13.1 Å². The molecule has 1 aromatic carbocycles. The lowest BCUT2D eigenvalue weighted by Crippen LogP contribution is -2.50. The van der Waals surface area contributed by atoms with E-state index < -0.39 is 6.04 Å². The van der Waals surface area contributed by atoms with Crippen LogP contribution >= 0.6 is 22.6 Å². The van der Waals surface area contributed by atoms with E-state index in [0.717, 1.165) is 35.1 Å². The molecule has 2 aromatic rings. The van der Waals surface area contributed by atoms with Crippen LogP contribution in [0.15, 0.2) is 48.8 Å². The Bertz CT molecular complexity index is 746. The molecule has 3 rings (SSSR count). The largest absolute Gasteiger partial charge is 0.341 e. The predicted molar refractivity (Wildman–Crippen MR) is 111 cm³/mol. The number of carbonyl (C=O) groups is 2. The molecule has 0 radical (unpaired) electrons. The molecule has 0 saturated carbocycles. The van der Waals surface area contributed by atoms with Gasteiger partial charge in [0.05, 0.1) is 0 Å². The van der Waals surface area contributed by atoms with Gasteiger partial charge in [0.2, 0.25) is 5.91 Å². The fourth-order valence-electron chi connectivity index (χ4n) is 2.95. The van der Waals surface area contributed by atoms with Crippen molar-refractivity contribution in [1.82, 2.24) is 15.2 Å². The van der Waals surface area contributed by atoms with Crippen LogP contribution in [0, 0.1) is 3.57 Å². The Morgan fingerprint density at radius 2 is 1.77 bits per heavy atom. The molecule has 1 atom stereocenters. The molecule has 1 amide bonds. The van der Waals surface area contributed by atoms with Crippen LogP contribution in [0.25, 0.3) is 0 Å². The van der Waals surface area contributed by atoms with Crippen molar-refractivity contribution in [3.05, 3.63) is 63.5 Å². The number of halogens is 1. The maximum absolute atomic E-state index is 12.9. The van der Waals surface area contributed by atoms with E-state index in [1.165, 1.54) is 0 Å². The van der Waals surface area contributed by atoms with Gasteiger partial charge in [0.25, 0.3) is 0 Å². The Kier molecular flexibility index (Phi) is 7.71. The molecule has 1 aliphatic rings. The smallest absolute Gasteiger partial charge is 0.247 e. The van der Waals surface area contributed by atoms with Crippen molar-refractivity contribution in [3.63, 3.8) is 0 Å². The first-order valence-electron chi connectivity index (χ1n) is 8.36. The first-order chi connectivity index (χ1) is 12.2.